The molecule has 124 valence electrons. The van der Waals surface area contributed by atoms with E-state index in [4.69, 9.17) is 4.99 Å². The number of fused-ring (bicyclic) bond motifs is 1. The molecule has 1 aromatic carbocycles. The van der Waals surface area contributed by atoms with Crippen molar-refractivity contribution in [2.24, 2.45) is 12.0 Å². The summed E-state index contributed by atoms with van der Waals surface area (Å²) in [4.78, 5) is 7.11. The highest BCUT2D eigenvalue weighted by Gasteiger charge is 2.18. The van der Waals surface area contributed by atoms with E-state index in [0.717, 1.165) is 37.6 Å². The molecular formula is C17H24IN5. The molecule has 0 fully saturated rings. The molecule has 1 N–H and O–H groups in total. The summed E-state index contributed by atoms with van der Waals surface area (Å²) in [6.07, 6.45) is 4.96. The quantitative estimate of drug-likeness (QED) is 0.467. The minimum atomic E-state index is 0. The summed E-state index contributed by atoms with van der Waals surface area (Å²) >= 11 is 0. The number of hydrogen-bond acceptors (Lipinski definition) is 2. The first kappa shape index (κ1) is 17.8. The number of guanidine groups is 1. The van der Waals surface area contributed by atoms with Crippen LogP contribution in [0.1, 0.15) is 23.6 Å². The molecule has 0 bridgehead atoms. The van der Waals surface area contributed by atoms with E-state index in [1.165, 1.54) is 11.1 Å². The van der Waals surface area contributed by atoms with Crippen LogP contribution >= 0.6 is 24.0 Å². The van der Waals surface area contributed by atoms with Gasteiger partial charge in [0.2, 0.25) is 0 Å². The minimum Gasteiger partial charge on any atom is -0.356 e. The SMILES string of the molecule is CCNC(=NCc1cnn(C)c1)N1CCc2ccccc2C1.I. The number of halogens is 1. The van der Waals surface area contributed by atoms with Crippen molar-refractivity contribution in [2.75, 3.05) is 13.1 Å². The van der Waals surface area contributed by atoms with Gasteiger partial charge in [-0.15, -0.1) is 24.0 Å². The molecule has 0 radical (unpaired) electrons. The number of aliphatic imine (C=N–C) groups is 1. The van der Waals surface area contributed by atoms with Crippen LogP contribution in [0.2, 0.25) is 0 Å². The molecule has 3 rings (SSSR count). The lowest BCUT2D eigenvalue weighted by Crippen LogP contribution is -2.44. The van der Waals surface area contributed by atoms with E-state index in [9.17, 15) is 0 Å². The first-order valence-electron chi connectivity index (χ1n) is 7.84. The number of aryl methyl sites for hydroxylation is 1. The van der Waals surface area contributed by atoms with Gasteiger partial charge in [-0.1, -0.05) is 24.3 Å². The molecule has 0 saturated heterocycles. The Morgan fingerprint density at radius 2 is 2.09 bits per heavy atom. The van der Waals surface area contributed by atoms with Crippen LogP contribution in [0.3, 0.4) is 0 Å². The molecule has 0 amide bonds. The van der Waals surface area contributed by atoms with E-state index >= 15 is 0 Å². The van der Waals surface area contributed by atoms with Gasteiger partial charge in [-0.3, -0.25) is 4.68 Å². The summed E-state index contributed by atoms with van der Waals surface area (Å²) in [6, 6.07) is 8.68. The van der Waals surface area contributed by atoms with Gasteiger partial charge in [-0.25, -0.2) is 4.99 Å². The van der Waals surface area contributed by atoms with Gasteiger partial charge in [0, 0.05) is 38.4 Å². The molecule has 0 atom stereocenters. The van der Waals surface area contributed by atoms with Crippen LogP contribution in [0.25, 0.3) is 0 Å². The Morgan fingerprint density at radius 1 is 1.30 bits per heavy atom. The number of nitrogens with one attached hydrogen (secondary N) is 1. The fourth-order valence-electron chi connectivity index (χ4n) is 2.82. The fourth-order valence-corrected chi connectivity index (χ4v) is 2.82. The van der Waals surface area contributed by atoms with E-state index in [1.807, 2.05) is 24.1 Å². The van der Waals surface area contributed by atoms with Crippen LogP contribution < -0.4 is 5.32 Å². The number of rotatable bonds is 3. The van der Waals surface area contributed by atoms with Crippen molar-refractivity contribution in [2.45, 2.75) is 26.4 Å². The van der Waals surface area contributed by atoms with Crippen LogP contribution in [0.4, 0.5) is 0 Å². The Balaban J connectivity index is 0.00000192. The molecule has 2 heterocycles. The average Bonchev–Trinajstić information content (AvgIpc) is 2.96. The lowest BCUT2D eigenvalue weighted by Gasteiger charge is -2.31. The predicted molar refractivity (Wildman–Crippen MR) is 104 cm³/mol. The Morgan fingerprint density at radius 3 is 2.78 bits per heavy atom. The molecule has 23 heavy (non-hydrogen) atoms. The summed E-state index contributed by atoms with van der Waals surface area (Å²) in [5.74, 6) is 0.987. The molecular weight excluding hydrogens is 401 g/mol. The Hall–Kier alpha value is -1.57. The zero-order valence-electron chi connectivity index (χ0n) is 13.7. The van der Waals surface area contributed by atoms with Crippen LogP contribution in [0.15, 0.2) is 41.7 Å². The van der Waals surface area contributed by atoms with Gasteiger partial charge in [0.1, 0.15) is 0 Å². The topological polar surface area (TPSA) is 45.5 Å². The third-order valence-electron chi connectivity index (χ3n) is 3.93. The van der Waals surface area contributed by atoms with E-state index in [-0.39, 0.29) is 24.0 Å². The van der Waals surface area contributed by atoms with Crippen molar-refractivity contribution in [3.63, 3.8) is 0 Å². The first-order chi connectivity index (χ1) is 10.8. The Labute approximate surface area is 154 Å². The van der Waals surface area contributed by atoms with Crippen molar-refractivity contribution >= 4 is 29.9 Å². The smallest absolute Gasteiger partial charge is 0.194 e. The van der Waals surface area contributed by atoms with Gasteiger partial charge in [-0.2, -0.15) is 5.10 Å². The molecule has 1 aliphatic heterocycles. The van der Waals surface area contributed by atoms with Gasteiger partial charge in [0.15, 0.2) is 5.96 Å². The van der Waals surface area contributed by atoms with E-state index in [2.05, 4.69) is 46.5 Å². The number of benzene rings is 1. The van der Waals surface area contributed by atoms with Crippen LogP contribution in [0, 0.1) is 0 Å². The van der Waals surface area contributed by atoms with Crippen molar-refractivity contribution in [3.05, 3.63) is 53.3 Å². The van der Waals surface area contributed by atoms with Crippen LogP contribution in [-0.2, 0) is 26.6 Å². The second-order valence-electron chi connectivity index (χ2n) is 5.63. The third-order valence-corrected chi connectivity index (χ3v) is 3.93. The molecule has 0 saturated carbocycles. The number of hydrogen-bond donors (Lipinski definition) is 1. The maximum Gasteiger partial charge on any atom is 0.194 e. The second-order valence-corrected chi connectivity index (χ2v) is 5.63. The van der Waals surface area contributed by atoms with Gasteiger partial charge in [0.05, 0.1) is 12.7 Å². The highest BCUT2D eigenvalue weighted by Crippen LogP contribution is 2.18. The summed E-state index contributed by atoms with van der Waals surface area (Å²) in [5, 5.41) is 7.61. The summed E-state index contributed by atoms with van der Waals surface area (Å²) < 4.78 is 1.81. The maximum absolute atomic E-state index is 4.77. The Kier molecular flexibility index (Phi) is 6.44. The van der Waals surface area contributed by atoms with Gasteiger partial charge >= 0.3 is 0 Å². The largest absolute Gasteiger partial charge is 0.356 e. The zero-order valence-corrected chi connectivity index (χ0v) is 16.0. The van der Waals surface area contributed by atoms with E-state index < -0.39 is 0 Å². The third kappa shape index (κ3) is 4.46. The highest BCUT2D eigenvalue weighted by molar-refractivity contribution is 14.0. The van der Waals surface area contributed by atoms with Gasteiger partial charge in [-0.05, 0) is 24.5 Å². The molecule has 6 heteroatoms. The van der Waals surface area contributed by atoms with Crippen molar-refractivity contribution in [1.82, 2.24) is 20.0 Å². The van der Waals surface area contributed by atoms with Crippen LogP contribution in [0.5, 0.6) is 0 Å². The molecule has 1 aliphatic rings. The molecule has 5 nitrogen and oxygen atoms in total. The van der Waals surface area contributed by atoms with Crippen molar-refractivity contribution < 1.29 is 0 Å². The van der Waals surface area contributed by atoms with Crippen LogP contribution in [-0.4, -0.2) is 33.7 Å². The Bertz CT molecular complexity index is 665. The summed E-state index contributed by atoms with van der Waals surface area (Å²) in [5.41, 5.74) is 4.00. The van der Waals surface area contributed by atoms with Crippen molar-refractivity contribution in [1.29, 1.82) is 0 Å². The summed E-state index contributed by atoms with van der Waals surface area (Å²) in [7, 11) is 1.93. The summed E-state index contributed by atoms with van der Waals surface area (Å²) in [6.45, 7) is 5.58. The van der Waals surface area contributed by atoms with E-state index in [0.29, 0.717) is 6.54 Å². The molecule has 0 aliphatic carbocycles. The maximum atomic E-state index is 4.77. The first-order valence-corrected chi connectivity index (χ1v) is 7.84. The molecule has 0 spiro atoms. The second kappa shape index (κ2) is 8.33. The van der Waals surface area contributed by atoms with Gasteiger partial charge < -0.3 is 10.2 Å². The standard InChI is InChI=1S/C17H23N5.HI/c1-3-18-17(19-10-14-11-20-21(2)12-14)22-9-8-15-6-4-5-7-16(15)13-22;/h4-7,11-12H,3,8-10,13H2,1-2H3,(H,18,19);1H. The lowest BCUT2D eigenvalue weighted by atomic mass is 10.0. The normalized spacial score (nSPS) is 14.2. The minimum absolute atomic E-state index is 0. The predicted octanol–water partition coefficient (Wildman–Crippen LogP) is 2.56. The lowest BCUT2D eigenvalue weighted by molar-refractivity contribution is 0.378. The average molecular weight is 425 g/mol. The molecule has 0 unspecified atom stereocenters. The molecule has 1 aromatic heterocycles. The number of aromatic nitrogens is 2. The van der Waals surface area contributed by atoms with Crippen molar-refractivity contribution in [3.8, 4) is 0 Å². The van der Waals surface area contributed by atoms with Gasteiger partial charge in [0.25, 0.3) is 0 Å². The highest BCUT2D eigenvalue weighted by atomic mass is 127. The molecule has 2 aromatic rings. The monoisotopic (exact) mass is 425 g/mol. The zero-order chi connectivity index (χ0) is 15.4. The number of nitrogens with zero attached hydrogens (tertiary/aromatic N) is 4. The fraction of sp³-hybridized carbons (Fsp3) is 0.412. The van der Waals surface area contributed by atoms with E-state index in [1.54, 1.807) is 0 Å².